The Morgan fingerprint density at radius 2 is 1.86 bits per heavy atom. The zero-order chi connectivity index (χ0) is 21.0. The van der Waals surface area contributed by atoms with Crippen LogP contribution >= 0.6 is 11.6 Å². The number of carbonyl (C=O) groups excluding carboxylic acids is 1. The van der Waals surface area contributed by atoms with E-state index < -0.39 is 5.69 Å². The topological polar surface area (TPSA) is 73.5 Å². The average molecular weight is 416 g/mol. The largest absolute Gasteiger partial charge is 0.385 e. The van der Waals surface area contributed by atoms with Crippen molar-refractivity contribution < 1.29 is 9.53 Å². The number of fused-ring (bicyclic) bond motifs is 1. The first kappa shape index (κ1) is 20.8. The van der Waals surface area contributed by atoms with E-state index in [1.54, 1.807) is 62.7 Å². The second kappa shape index (κ2) is 9.07. The van der Waals surface area contributed by atoms with Crippen LogP contribution in [0.4, 0.5) is 5.69 Å². The number of carbonyl (C=O) groups is 1. The van der Waals surface area contributed by atoms with Crippen molar-refractivity contribution in [2.24, 2.45) is 0 Å². The van der Waals surface area contributed by atoms with Crippen molar-refractivity contribution in [3.8, 4) is 0 Å². The van der Waals surface area contributed by atoms with Gasteiger partial charge in [-0.1, -0.05) is 29.8 Å². The highest BCUT2D eigenvalue weighted by molar-refractivity contribution is 6.30. The number of halogens is 1. The molecular formula is C21H22ClN3O4. The minimum Gasteiger partial charge on any atom is -0.385 e. The summed E-state index contributed by atoms with van der Waals surface area (Å²) in [5, 5.41) is 0.902. The summed E-state index contributed by atoms with van der Waals surface area (Å²) in [5.74, 6) is -0.304. The van der Waals surface area contributed by atoms with E-state index in [1.165, 1.54) is 9.47 Å². The SMILES string of the molecule is COCCCn1c(=O)c2ccccc2n(CC(=O)N(C)c2cccc(Cl)c2)c1=O. The van der Waals surface area contributed by atoms with Crippen molar-refractivity contribution in [1.82, 2.24) is 9.13 Å². The number of likely N-dealkylation sites (N-methyl/N-ethyl adjacent to an activating group) is 1. The molecule has 0 saturated heterocycles. The molecule has 0 bridgehead atoms. The van der Waals surface area contributed by atoms with Gasteiger partial charge in [-0.05, 0) is 36.8 Å². The van der Waals surface area contributed by atoms with Crippen LogP contribution in [0.15, 0.2) is 58.1 Å². The van der Waals surface area contributed by atoms with E-state index in [-0.39, 0.29) is 24.6 Å². The molecule has 29 heavy (non-hydrogen) atoms. The van der Waals surface area contributed by atoms with E-state index in [2.05, 4.69) is 0 Å². The second-order valence-electron chi connectivity index (χ2n) is 6.62. The third-order valence-corrected chi connectivity index (χ3v) is 4.96. The van der Waals surface area contributed by atoms with E-state index in [1.807, 2.05) is 0 Å². The number of ether oxygens (including phenoxy) is 1. The molecule has 0 fully saturated rings. The van der Waals surface area contributed by atoms with E-state index in [0.717, 1.165) is 4.57 Å². The number of methoxy groups -OCH3 is 1. The third-order valence-electron chi connectivity index (χ3n) is 4.73. The van der Waals surface area contributed by atoms with E-state index >= 15 is 0 Å². The standard InChI is InChI=1S/C21H22ClN3O4/c1-23(16-8-5-7-15(22)13-16)19(26)14-25-18-10-4-3-9-17(18)20(27)24(21(25)28)11-6-12-29-2/h3-5,7-10,13H,6,11-12,14H2,1-2H3. The first-order valence-electron chi connectivity index (χ1n) is 9.17. The van der Waals surface area contributed by atoms with Crippen LogP contribution in [0.3, 0.4) is 0 Å². The second-order valence-corrected chi connectivity index (χ2v) is 7.06. The van der Waals surface area contributed by atoms with Crippen molar-refractivity contribution in [3.05, 3.63) is 74.4 Å². The molecule has 8 heteroatoms. The Kier molecular flexibility index (Phi) is 6.51. The third kappa shape index (κ3) is 4.41. The maximum absolute atomic E-state index is 13.0. The minimum atomic E-state index is -0.516. The Labute approximate surface area is 172 Å². The molecule has 2 aromatic carbocycles. The summed E-state index contributed by atoms with van der Waals surface area (Å²) in [6, 6.07) is 13.7. The normalized spacial score (nSPS) is 11.0. The summed E-state index contributed by atoms with van der Waals surface area (Å²) in [4.78, 5) is 40.1. The van der Waals surface area contributed by atoms with Crippen LogP contribution < -0.4 is 16.1 Å². The highest BCUT2D eigenvalue weighted by Crippen LogP contribution is 2.19. The van der Waals surface area contributed by atoms with Crippen molar-refractivity contribution in [1.29, 1.82) is 0 Å². The zero-order valence-electron chi connectivity index (χ0n) is 16.3. The van der Waals surface area contributed by atoms with Crippen molar-refractivity contribution in [2.45, 2.75) is 19.5 Å². The Morgan fingerprint density at radius 1 is 1.10 bits per heavy atom. The van der Waals surface area contributed by atoms with Gasteiger partial charge in [0, 0.05) is 38.0 Å². The quantitative estimate of drug-likeness (QED) is 0.556. The first-order chi connectivity index (χ1) is 13.9. The summed E-state index contributed by atoms with van der Waals surface area (Å²) in [5.41, 5.74) is 0.165. The Morgan fingerprint density at radius 3 is 2.59 bits per heavy atom. The molecule has 0 saturated carbocycles. The lowest BCUT2D eigenvalue weighted by atomic mass is 10.2. The van der Waals surface area contributed by atoms with Gasteiger partial charge >= 0.3 is 5.69 Å². The van der Waals surface area contributed by atoms with E-state index in [0.29, 0.717) is 34.6 Å². The number of aromatic nitrogens is 2. The number of nitrogens with zero attached hydrogens (tertiary/aromatic N) is 3. The lowest BCUT2D eigenvalue weighted by Gasteiger charge is -2.20. The summed E-state index contributed by atoms with van der Waals surface area (Å²) in [6.45, 7) is 0.441. The smallest absolute Gasteiger partial charge is 0.331 e. The molecule has 3 rings (SSSR count). The van der Waals surface area contributed by atoms with Crippen molar-refractivity contribution in [3.63, 3.8) is 0 Å². The number of rotatable bonds is 7. The molecule has 0 radical (unpaired) electrons. The number of amides is 1. The van der Waals surface area contributed by atoms with Gasteiger partial charge in [0.2, 0.25) is 5.91 Å². The zero-order valence-corrected chi connectivity index (χ0v) is 17.1. The molecular weight excluding hydrogens is 394 g/mol. The number of hydrogen-bond donors (Lipinski definition) is 0. The van der Waals surface area contributed by atoms with Gasteiger partial charge in [0.15, 0.2) is 0 Å². The number of benzene rings is 2. The van der Waals surface area contributed by atoms with Crippen LogP contribution in [0.2, 0.25) is 5.02 Å². The van der Waals surface area contributed by atoms with Crippen LogP contribution in [0.25, 0.3) is 10.9 Å². The minimum absolute atomic E-state index is 0.201. The van der Waals surface area contributed by atoms with Gasteiger partial charge in [-0.2, -0.15) is 0 Å². The molecule has 0 aliphatic rings. The number of para-hydroxylation sites is 1. The van der Waals surface area contributed by atoms with Crippen LogP contribution in [0.5, 0.6) is 0 Å². The van der Waals surface area contributed by atoms with Gasteiger partial charge in [-0.3, -0.25) is 18.7 Å². The van der Waals surface area contributed by atoms with Crippen molar-refractivity contribution in [2.75, 3.05) is 25.7 Å². The van der Waals surface area contributed by atoms with Crippen LogP contribution in [-0.2, 0) is 22.6 Å². The lowest BCUT2D eigenvalue weighted by Crippen LogP contribution is -2.43. The molecule has 1 aromatic heterocycles. The van der Waals surface area contributed by atoms with Crippen LogP contribution in [0, 0.1) is 0 Å². The molecule has 1 heterocycles. The fourth-order valence-electron chi connectivity index (χ4n) is 3.16. The average Bonchev–Trinajstić information content (AvgIpc) is 2.73. The number of anilines is 1. The Bertz CT molecular complexity index is 1150. The lowest BCUT2D eigenvalue weighted by molar-refractivity contribution is -0.118. The monoisotopic (exact) mass is 415 g/mol. The Hall–Kier alpha value is -2.90. The van der Waals surface area contributed by atoms with E-state index in [9.17, 15) is 14.4 Å². The molecule has 7 nitrogen and oxygen atoms in total. The fraction of sp³-hybridized carbons (Fsp3) is 0.286. The molecule has 0 atom stereocenters. The first-order valence-corrected chi connectivity index (χ1v) is 9.55. The van der Waals surface area contributed by atoms with Crippen molar-refractivity contribution >= 4 is 34.1 Å². The van der Waals surface area contributed by atoms with Gasteiger partial charge in [-0.15, -0.1) is 0 Å². The van der Waals surface area contributed by atoms with Gasteiger partial charge in [0.1, 0.15) is 6.54 Å². The predicted octanol–water partition coefficient (Wildman–Crippen LogP) is 2.52. The van der Waals surface area contributed by atoms with Gasteiger partial charge in [0.05, 0.1) is 10.9 Å². The fourth-order valence-corrected chi connectivity index (χ4v) is 3.34. The van der Waals surface area contributed by atoms with Gasteiger partial charge in [-0.25, -0.2) is 4.79 Å². The summed E-state index contributed by atoms with van der Waals surface area (Å²) in [7, 11) is 3.18. The maximum Gasteiger partial charge on any atom is 0.331 e. The van der Waals surface area contributed by atoms with Gasteiger partial charge < -0.3 is 9.64 Å². The molecule has 0 spiro atoms. The maximum atomic E-state index is 13.0. The molecule has 152 valence electrons. The highest BCUT2D eigenvalue weighted by Gasteiger charge is 2.18. The summed E-state index contributed by atoms with van der Waals surface area (Å²) < 4.78 is 7.52. The summed E-state index contributed by atoms with van der Waals surface area (Å²) >= 11 is 6.01. The van der Waals surface area contributed by atoms with Gasteiger partial charge in [0.25, 0.3) is 5.56 Å². The number of hydrogen-bond acceptors (Lipinski definition) is 4. The molecule has 3 aromatic rings. The van der Waals surface area contributed by atoms with Crippen LogP contribution in [0.1, 0.15) is 6.42 Å². The highest BCUT2D eigenvalue weighted by atomic mass is 35.5. The molecule has 0 aliphatic heterocycles. The molecule has 0 N–H and O–H groups in total. The summed E-state index contributed by atoms with van der Waals surface area (Å²) in [6.07, 6.45) is 0.514. The Balaban J connectivity index is 2.02. The molecule has 0 unspecified atom stereocenters. The predicted molar refractivity (Wildman–Crippen MR) is 114 cm³/mol. The van der Waals surface area contributed by atoms with Crippen LogP contribution in [-0.4, -0.2) is 35.8 Å². The van der Waals surface area contributed by atoms with E-state index in [4.69, 9.17) is 16.3 Å². The molecule has 0 aliphatic carbocycles. The molecule has 1 amide bonds.